The fraction of sp³-hybridized carbons (Fsp3) is 0.462. The van der Waals surface area contributed by atoms with Crippen LogP contribution in [0.3, 0.4) is 0 Å². The number of furan rings is 1. The lowest BCUT2D eigenvalue weighted by molar-refractivity contribution is 0.276. The van der Waals surface area contributed by atoms with Crippen LogP contribution < -0.4 is 4.72 Å². The van der Waals surface area contributed by atoms with Crippen molar-refractivity contribution in [1.82, 2.24) is 14.5 Å². The lowest BCUT2D eigenvalue weighted by Gasteiger charge is -2.07. The molecule has 0 aliphatic rings. The number of nitrogens with zero attached hydrogens (tertiary/aromatic N) is 2. The van der Waals surface area contributed by atoms with Gasteiger partial charge in [-0.1, -0.05) is 0 Å². The van der Waals surface area contributed by atoms with E-state index in [0.717, 1.165) is 5.56 Å². The molecule has 0 saturated heterocycles. The largest absolute Gasteiger partial charge is 0.465 e. The van der Waals surface area contributed by atoms with E-state index >= 15 is 0 Å². The minimum absolute atomic E-state index is 0.0270. The Morgan fingerprint density at radius 2 is 2.05 bits per heavy atom. The summed E-state index contributed by atoms with van der Waals surface area (Å²) in [7, 11) is -3.72. The highest BCUT2D eigenvalue weighted by atomic mass is 32.2. The summed E-state index contributed by atoms with van der Waals surface area (Å²) in [6.07, 6.45) is 3.54. The maximum atomic E-state index is 12.3. The zero-order valence-corrected chi connectivity index (χ0v) is 13.1. The standard InChI is InChI=1S/C13H19N3O4S/c1-9-6-14-16(7-9)5-4-15-21(18,19)13-11(3)20-10(2)12(13)8-17/h6-7,15,17H,4-5,8H2,1-3H3. The van der Waals surface area contributed by atoms with Crippen LogP contribution in [0.2, 0.25) is 0 Å². The molecule has 2 N–H and O–H groups in total. The first kappa shape index (κ1) is 15.7. The summed E-state index contributed by atoms with van der Waals surface area (Å²) in [6.45, 7) is 5.37. The number of nitrogens with one attached hydrogen (secondary N) is 1. The molecule has 0 aliphatic carbocycles. The fourth-order valence-electron chi connectivity index (χ4n) is 2.20. The van der Waals surface area contributed by atoms with E-state index in [1.165, 1.54) is 0 Å². The van der Waals surface area contributed by atoms with Gasteiger partial charge in [-0.2, -0.15) is 5.10 Å². The van der Waals surface area contributed by atoms with Gasteiger partial charge in [-0.05, 0) is 26.3 Å². The van der Waals surface area contributed by atoms with Crippen LogP contribution in [0.1, 0.15) is 22.6 Å². The molecule has 0 radical (unpaired) electrons. The van der Waals surface area contributed by atoms with Crippen molar-refractivity contribution in [3.63, 3.8) is 0 Å². The summed E-state index contributed by atoms with van der Waals surface area (Å²) in [5.41, 5.74) is 1.32. The molecule has 7 nitrogen and oxygen atoms in total. The predicted octanol–water partition coefficient (Wildman–Crippen LogP) is 0.872. The number of hydrogen-bond acceptors (Lipinski definition) is 5. The van der Waals surface area contributed by atoms with Crippen molar-refractivity contribution in [2.45, 2.75) is 38.8 Å². The van der Waals surface area contributed by atoms with Crippen molar-refractivity contribution in [2.24, 2.45) is 0 Å². The zero-order valence-electron chi connectivity index (χ0n) is 12.3. The second-order valence-corrected chi connectivity index (χ2v) is 6.56. The molecule has 2 rings (SSSR count). The Bertz CT molecular complexity index is 731. The van der Waals surface area contributed by atoms with E-state index in [0.29, 0.717) is 17.9 Å². The van der Waals surface area contributed by atoms with Crippen molar-refractivity contribution < 1.29 is 17.9 Å². The van der Waals surface area contributed by atoms with E-state index in [9.17, 15) is 13.5 Å². The normalized spacial score (nSPS) is 12.0. The minimum Gasteiger partial charge on any atom is -0.465 e. The summed E-state index contributed by atoms with van der Waals surface area (Å²) in [6, 6.07) is 0. The predicted molar refractivity (Wildman–Crippen MR) is 76.3 cm³/mol. The van der Waals surface area contributed by atoms with Crippen molar-refractivity contribution in [1.29, 1.82) is 0 Å². The number of aryl methyl sites for hydroxylation is 3. The SMILES string of the molecule is Cc1cnn(CCNS(=O)(=O)c2c(C)oc(C)c2CO)c1. The van der Waals surface area contributed by atoms with Crippen LogP contribution in [0.15, 0.2) is 21.7 Å². The van der Waals surface area contributed by atoms with Gasteiger partial charge in [0, 0.05) is 18.3 Å². The van der Waals surface area contributed by atoms with Gasteiger partial charge in [0.1, 0.15) is 16.4 Å². The maximum absolute atomic E-state index is 12.3. The highest BCUT2D eigenvalue weighted by molar-refractivity contribution is 7.89. The average molecular weight is 313 g/mol. The Morgan fingerprint density at radius 1 is 1.33 bits per heavy atom. The number of hydrogen-bond donors (Lipinski definition) is 2. The quantitative estimate of drug-likeness (QED) is 0.825. The highest BCUT2D eigenvalue weighted by Gasteiger charge is 2.26. The smallest absolute Gasteiger partial charge is 0.244 e. The topological polar surface area (TPSA) is 97.4 Å². The molecule has 0 fully saturated rings. The van der Waals surface area contributed by atoms with Crippen LogP contribution >= 0.6 is 0 Å². The lowest BCUT2D eigenvalue weighted by Crippen LogP contribution is -2.28. The van der Waals surface area contributed by atoms with Crippen LogP contribution in [0.4, 0.5) is 0 Å². The van der Waals surface area contributed by atoms with E-state index in [4.69, 9.17) is 4.42 Å². The Balaban J connectivity index is 2.12. The van der Waals surface area contributed by atoms with Crippen LogP contribution in [0.5, 0.6) is 0 Å². The first-order valence-electron chi connectivity index (χ1n) is 6.53. The van der Waals surface area contributed by atoms with Gasteiger partial charge in [-0.3, -0.25) is 4.68 Å². The van der Waals surface area contributed by atoms with Crippen LogP contribution in [-0.2, 0) is 23.2 Å². The number of aromatic nitrogens is 2. The summed E-state index contributed by atoms with van der Waals surface area (Å²) in [5.74, 6) is 0.692. The Labute approximate surface area is 123 Å². The second-order valence-electron chi connectivity index (χ2n) is 4.86. The number of aliphatic hydroxyl groups is 1. The molecule has 0 aromatic carbocycles. The highest BCUT2D eigenvalue weighted by Crippen LogP contribution is 2.26. The van der Waals surface area contributed by atoms with Gasteiger partial charge in [0.05, 0.1) is 19.3 Å². The number of rotatable bonds is 6. The van der Waals surface area contributed by atoms with Gasteiger partial charge in [0.25, 0.3) is 0 Å². The van der Waals surface area contributed by atoms with Crippen LogP contribution in [0.25, 0.3) is 0 Å². The van der Waals surface area contributed by atoms with Gasteiger partial charge in [-0.15, -0.1) is 0 Å². The van der Waals surface area contributed by atoms with Gasteiger partial charge in [0.15, 0.2) is 0 Å². The summed E-state index contributed by atoms with van der Waals surface area (Å²) in [4.78, 5) is 0.0270. The molecule has 2 aromatic rings. The van der Waals surface area contributed by atoms with Crippen molar-refractivity contribution in [3.8, 4) is 0 Å². The molecule has 0 unspecified atom stereocenters. The van der Waals surface area contributed by atoms with Crippen molar-refractivity contribution in [2.75, 3.05) is 6.54 Å². The van der Waals surface area contributed by atoms with E-state index in [1.807, 2.05) is 13.1 Å². The number of aliphatic hydroxyl groups excluding tert-OH is 1. The van der Waals surface area contributed by atoms with E-state index in [1.54, 1.807) is 24.7 Å². The molecule has 0 atom stereocenters. The third-order valence-corrected chi connectivity index (χ3v) is 4.80. The molecule has 2 heterocycles. The molecule has 8 heteroatoms. The zero-order chi connectivity index (χ0) is 15.6. The van der Waals surface area contributed by atoms with Crippen LogP contribution in [0, 0.1) is 20.8 Å². The van der Waals surface area contributed by atoms with E-state index < -0.39 is 10.0 Å². The van der Waals surface area contributed by atoms with E-state index in [-0.39, 0.29) is 23.8 Å². The van der Waals surface area contributed by atoms with Crippen LogP contribution in [-0.4, -0.2) is 29.8 Å². The van der Waals surface area contributed by atoms with Gasteiger partial charge >= 0.3 is 0 Å². The minimum atomic E-state index is -3.72. The molecular weight excluding hydrogens is 294 g/mol. The van der Waals surface area contributed by atoms with E-state index in [2.05, 4.69) is 9.82 Å². The monoisotopic (exact) mass is 313 g/mol. The van der Waals surface area contributed by atoms with Gasteiger partial charge in [-0.25, -0.2) is 13.1 Å². The molecule has 0 amide bonds. The molecular formula is C13H19N3O4S. The third kappa shape index (κ3) is 3.34. The molecule has 0 spiro atoms. The molecule has 21 heavy (non-hydrogen) atoms. The maximum Gasteiger partial charge on any atom is 0.244 e. The summed E-state index contributed by atoms with van der Waals surface area (Å²) < 4.78 is 34.1. The van der Waals surface area contributed by atoms with Crippen molar-refractivity contribution in [3.05, 3.63) is 35.0 Å². The lowest BCUT2D eigenvalue weighted by atomic mass is 10.2. The Hall–Kier alpha value is -1.64. The molecule has 2 aromatic heterocycles. The molecule has 0 saturated carbocycles. The Morgan fingerprint density at radius 3 is 2.62 bits per heavy atom. The molecule has 116 valence electrons. The fourth-order valence-corrected chi connectivity index (χ4v) is 3.66. The summed E-state index contributed by atoms with van der Waals surface area (Å²) >= 11 is 0. The Kier molecular flexibility index (Phi) is 4.50. The summed E-state index contributed by atoms with van der Waals surface area (Å²) in [5, 5.41) is 13.4. The van der Waals surface area contributed by atoms with Gasteiger partial charge < -0.3 is 9.52 Å². The third-order valence-electron chi connectivity index (χ3n) is 3.15. The molecule has 0 aliphatic heterocycles. The number of sulfonamides is 1. The first-order chi connectivity index (χ1) is 9.85. The van der Waals surface area contributed by atoms with Gasteiger partial charge in [0.2, 0.25) is 10.0 Å². The first-order valence-corrected chi connectivity index (χ1v) is 8.02. The average Bonchev–Trinajstić information content (AvgIpc) is 2.92. The second kappa shape index (κ2) is 6.00. The molecule has 0 bridgehead atoms. The van der Waals surface area contributed by atoms with Crippen molar-refractivity contribution >= 4 is 10.0 Å².